The van der Waals surface area contributed by atoms with Crippen molar-refractivity contribution in [2.75, 3.05) is 0 Å². The molecular weight excluding hydrogens is 280 g/mol. The summed E-state index contributed by atoms with van der Waals surface area (Å²) in [6, 6.07) is 0. The predicted molar refractivity (Wildman–Crippen MR) is 52.3 cm³/mol. The molecule has 0 aromatic heterocycles. The number of carbonyl (C=O) groups is 4. The molecule has 0 aliphatic rings. The summed E-state index contributed by atoms with van der Waals surface area (Å²) in [5, 5.41) is 51.5. The van der Waals surface area contributed by atoms with Gasteiger partial charge in [0, 0.05) is 24.8 Å². The maximum absolute atomic E-state index is 9.69. The van der Waals surface area contributed by atoms with Gasteiger partial charge in [-0.15, -0.1) is 0 Å². The Kier molecular flexibility index (Phi) is 13.9. The van der Waals surface area contributed by atoms with Crippen LogP contribution < -0.4 is 10.2 Å². The second kappa shape index (κ2) is 11.6. The molecule has 4 N–H and O–H groups in total. The minimum atomic E-state index is -1.85. The summed E-state index contributed by atoms with van der Waals surface area (Å²) in [6.07, 6.45) is -5.44. The number of carboxylic acid groups (broad SMARTS) is 4. The Balaban J connectivity index is -0.000000256. The minimum Gasteiger partial charge on any atom is -0.550 e. The molecule has 0 fully saturated rings. The molecule has 0 spiro atoms. The largest absolute Gasteiger partial charge is 2.00 e. The number of hydrogen-bond acceptors (Lipinski definition) is 8. The molecule has 2 atom stereocenters. The summed E-state index contributed by atoms with van der Waals surface area (Å²) in [5.74, 6) is -6.27. The summed E-state index contributed by atoms with van der Waals surface area (Å²) in [5.41, 5.74) is 0. The molecule has 0 rings (SSSR count). The van der Waals surface area contributed by atoms with Crippen LogP contribution in [0.25, 0.3) is 0 Å². The normalized spacial score (nSPS) is 11.9. The van der Waals surface area contributed by atoms with Crippen LogP contribution in [-0.2, 0) is 19.2 Å². The van der Waals surface area contributed by atoms with Gasteiger partial charge >= 0.3 is 35.0 Å². The van der Waals surface area contributed by atoms with Crippen LogP contribution in [0.4, 0.5) is 0 Å². The van der Waals surface area contributed by atoms with Crippen molar-refractivity contribution in [2.45, 2.75) is 25.0 Å². The van der Waals surface area contributed by atoms with Crippen LogP contribution in [0, 0.1) is 0 Å². The number of aliphatic hydroxyl groups excluding tert-OH is 2. The van der Waals surface area contributed by atoms with Crippen LogP contribution in [0.2, 0.25) is 0 Å². The maximum atomic E-state index is 9.69. The SMILES string of the molecule is O=C([O-])CC(O)C(=O)O.O=C([O-])CC(O)C(=O)O.[Mg+2]. The van der Waals surface area contributed by atoms with E-state index >= 15 is 0 Å². The summed E-state index contributed by atoms with van der Waals surface area (Å²) in [4.78, 5) is 38.5. The zero-order valence-electron chi connectivity index (χ0n) is 9.51. The molecule has 10 nitrogen and oxygen atoms in total. The topological polar surface area (TPSA) is 195 Å². The van der Waals surface area contributed by atoms with Crippen LogP contribution in [0.3, 0.4) is 0 Å². The average molecular weight is 290 g/mol. The zero-order chi connectivity index (χ0) is 14.9. The Morgan fingerprint density at radius 2 is 1.00 bits per heavy atom. The molecule has 0 aliphatic heterocycles. The van der Waals surface area contributed by atoms with Gasteiger partial charge < -0.3 is 40.2 Å². The van der Waals surface area contributed by atoms with E-state index in [4.69, 9.17) is 20.4 Å². The second-order valence-electron chi connectivity index (χ2n) is 2.86. The fourth-order valence-electron chi connectivity index (χ4n) is 0.490. The fourth-order valence-corrected chi connectivity index (χ4v) is 0.490. The summed E-state index contributed by atoms with van der Waals surface area (Å²) in [7, 11) is 0. The Morgan fingerprint density at radius 1 is 0.789 bits per heavy atom. The number of aliphatic hydroxyl groups is 2. The third-order valence-electron chi connectivity index (χ3n) is 1.29. The molecule has 0 saturated heterocycles. The monoisotopic (exact) mass is 290 g/mol. The summed E-state index contributed by atoms with van der Waals surface area (Å²) >= 11 is 0. The van der Waals surface area contributed by atoms with Crippen molar-refractivity contribution in [1.29, 1.82) is 0 Å². The Morgan fingerprint density at radius 3 is 1.05 bits per heavy atom. The van der Waals surface area contributed by atoms with Gasteiger partial charge in [0.15, 0.2) is 12.2 Å². The quantitative estimate of drug-likeness (QED) is 0.343. The molecule has 11 heteroatoms. The minimum absolute atomic E-state index is 0. The third-order valence-corrected chi connectivity index (χ3v) is 1.29. The van der Waals surface area contributed by atoms with Gasteiger partial charge in [0.1, 0.15) is 0 Å². The number of aliphatic carboxylic acids is 4. The van der Waals surface area contributed by atoms with E-state index in [1.165, 1.54) is 0 Å². The third kappa shape index (κ3) is 16.6. The van der Waals surface area contributed by atoms with Crippen molar-refractivity contribution in [3.05, 3.63) is 0 Å². The maximum Gasteiger partial charge on any atom is 2.00 e. The van der Waals surface area contributed by atoms with Gasteiger partial charge in [0.05, 0.1) is 0 Å². The number of hydrogen-bond donors (Lipinski definition) is 4. The first kappa shape index (κ1) is 22.7. The van der Waals surface area contributed by atoms with E-state index in [1.54, 1.807) is 0 Å². The molecule has 0 radical (unpaired) electrons. The van der Waals surface area contributed by atoms with Crippen molar-refractivity contribution < 1.29 is 49.8 Å². The van der Waals surface area contributed by atoms with Crippen LogP contribution in [0.1, 0.15) is 12.8 Å². The van der Waals surface area contributed by atoms with Crippen molar-refractivity contribution in [3.8, 4) is 0 Å². The van der Waals surface area contributed by atoms with Gasteiger partial charge in [-0.1, -0.05) is 0 Å². The van der Waals surface area contributed by atoms with Crippen molar-refractivity contribution >= 4 is 46.9 Å². The Labute approximate surface area is 122 Å². The van der Waals surface area contributed by atoms with Gasteiger partial charge in [0.25, 0.3) is 0 Å². The number of carbonyl (C=O) groups excluding carboxylic acids is 2. The first-order valence-corrected chi connectivity index (χ1v) is 4.29. The van der Waals surface area contributed by atoms with E-state index in [0.29, 0.717) is 0 Å². The number of rotatable bonds is 6. The van der Waals surface area contributed by atoms with Crippen molar-refractivity contribution in [3.63, 3.8) is 0 Å². The molecule has 0 aromatic carbocycles. The molecule has 104 valence electrons. The van der Waals surface area contributed by atoms with Gasteiger partial charge in [-0.3, -0.25) is 0 Å². The first-order valence-electron chi connectivity index (χ1n) is 4.29. The summed E-state index contributed by atoms with van der Waals surface area (Å²) in [6.45, 7) is 0. The van der Waals surface area contributed by atoms with Crippen molar-refractivity contribution in [1.82, 2.24) is 0 Å². The van der Waals surface area contributed by atoms with E-state index in [2.05, 4.69) is 0 Å². The molecule has 0 amide bonds. The van der Waals surface area contributed by atoms with Gasteiger partial charge in [-0.2, -0.15) is 0 Å². The van der Waals surface area contributed by atoms with Gasteiger partial charge in [-0.05, 0) is 0 Å². The van der Waals surface area contributed by atoms with E-state index in [9.17, 15) is 29.4 Å². The first-order chi connectivity index (χ1) is 8.07. The van der Waals surface area contributed by atoms with Gasteiger partial charge in [-0.25, -0.2) is 9.59 Å². The van der Waals surface area contributed by atoms with Gasteiger partial charge in [0.2, 0.25) is 0 Å². The molecule has 0 bridgehead atoms. The van der Waals surface area contributed by atoms with Crippen molar-refractivity contribution in [2.24, 2.45) is 0 Å². The molecule has 19 heavy (non-hydrogen) atoms. The summed E-state index contributed by atoms with van der Waals surface area (Å²) < 4.78 is 0. The predicted octanol–water partition coefficient (Wildman–Crippen LogP) is -5.24. The zero-order valence-corrected chi connectivity index (χ0v) is 10.9. The standard InChI is InChI=1S/2C4H6O5.Mg/c2*5-2(4(8)9)1-3(6)7;/h2*2,5H,1H2,(H,6,7)(H,8,9);/q;;+2/p-2. The van der Waals surface area contributed by atoms with Crippen LogP contribution in [-0.4, -0.2) is 79.6 Å². The molecule has 0 aromatic rings. The smallest absolute Gasteiger partial charge is 0.550 e. The van der Waals surface area contributed by atoms with Crippen LogP contribution >= 0.6 is 0 Å². The molecular formula is C8H10MgO10. The van der Waals surface area contributed by atoms with E-state index in [1.807, 2.05) is 0 Å². The molecule has 0 saturated carbocycles. The van der Waals surface area contributed by atoms with E-state index < -0.39 is 48.9 Å². The van der Waals surface area contributed by atoms with Crippen LogP contribution in [0.5, 0.6) is 0 Å². The van der Waals surface area contributed by atoms with E-state index in [-0.39, 0.29) is 23.1 Å². The van der Waals surface area contributed by atoms with Crippen LogP contribution in [0.15, 0.2) is 0 Å². The second-order valence-corrected chi connectivity index (χ2v) is 2.86. The molecule has 0 aliphatic carbocycles. The molecule has 2 unspecified atom stereocenters. The molecule has 0 heterocycles. The average Bonchev–Trinajstić information content (AvgIpc) is 2.16. The number of carboxylic acids is 4. The Bertz CT molecular complexity index is 295. The fraction of sp³-hybridized carbons (Fsp3) is 0.500. The van der Waals surface area contributed by atoms with E-state index in [0.717, 1.165) is 0 Å². The Hall–Kier alpha value is -1.43.